The molecule has 49 heavy (non-hydrogen) atoms. The molecule has 0 aromatic rings. The van der Waals surface area contributed by atoms with Gasteiger partial charge in [0, 0.05) is 45.3 Å². The van der Waals surface area contributed by atoms with E-state index in [-0.39, 0.29) is 42.3 Å². The van der Waals surface area contributed by atoms with Crippen LogP contribution in [0.5, 0.6) is 0 Å². The Kier molecular flexibility index (Phi) is 15.9. The lowest BCUT2D eigenvalue weighted by Crippen LogP contribution is -2.60. The second-order valence-electron chi connectivity index (χ2n) is 14.6. The molecule has 0 bridgehead atoms. The molecular weight excluding hydrogens is 650 g/mol. The molecule has 6 N–H and O–H groups in total. The SMILES string of the molecule is C=CCNC(=O)C(=O)CNC(=O)[C@@H]1C[C@@H](C=C)CN1C(=O)[C@@H](NC(=O)N[C@H](CNCCN(CC1CC1)S(=O)O)C(C)(C)C)C1CCCCC1. The number of carbonyl (C=O) groups excluding carboxylic acids is 5. The number of rotatable bonds is 19. The standard InChI is InChI=1S/C34H57N7O7S/c1-6-15-36-31(44)27(42)19-37-30(43)26-18-23(7-2)22-41(26)32(45)29(25-11-9-8-10-12-25)39-33(46)38-28(34(3,4)5)20-35-16-17-40(49(47)48)21-24-13-14-24/h6-7,23-26,28-29,35H,1-2,8-22H2,3-5H3,(H,36,44)(H,37,43)(H,47,48)(H2,38,39,46)/t23-,26+,28-,29+/m1/s1. The Hall–Kier alpha value is -3.14. The van der Waals surface area contributed by atoms with Crippen molar-refractivity contribution in [1.29, 1.82) is 0 Å². The second kappa shape index (κ2) is 19.3. The van der Waals surface area contributed by atoms with Gasteiger partial charge in [-0.1, -0.05) is 52.2 Å². The van der Waals surface area contributed by atoms with Crippen LogP contribution in [0.1, 0.15) is 72.1 Å². The van der Waals surface area contributed by atoms with E-state index in [4.69, 9.17) is 0 Å². The first kappa shape index (κ1) is 40.3. The monoisotopic (exact) mass is 707 g/mol. The molecule has 14 nitrogen and oxygen atoms in total. The Bertz CT molecular complexity index is 1220. The van der Waals surface area contributed by atoms with Crippen molar-refractivity contribution < 1.29 is 32.7 Å². The van der Waals surface area contributed by atoms with Crippen LogP contribution in [0.25, 0.3) is 0 Å². The lowest BCUT2D eigenvalue weighted by Gasteiger charge is -2.36. The topological polar surface area (TPSA) is 189 Å². The Morgan fingerprint density at radius 1 is 1.02 bits per heavy atom. The number of ketones is 1. The van der Waals surface area contributed by atoms with Crippen LogP contribution in [0, 0.1) is 23.2 Å². The number of hydrogen-bond donors (Lipinski definition) is 6. The number of nitrogens with one attached hydrogen (secondary N) is 5. The third kappa shape index (κ3) is 12.9. The molecule has 3 rings (SSSR count). The van der Waals surface area contributed by atoms with Gasteiger partial charge in [-0.05, 0) is 55.3 Å². The highest BCUT2D eigenvalue weighted by Crippen LogP contribution is 2.32. The van der Waals surface area contributed by atoms with Gasteiger partial charge in [0.2, 0.25) is 28.9 Å². The van der Waals surface area contributed by atoms with Gasteiger partial charge in [0.1, 0.15) is 12.1 Å². The molecule has 1 aliphatic heterocycles. The average molecular weight is 708 g/mol. The molecule has 1 heterocycles. The maximum absolute atomic E-state index is 14.3. The molecule has 1 unspecified atom stereocenters. The first-order valence-corrected chi connectivity index (χ1v) is 18.6. The zero-order chi connectivity index (χ0) is 36.1. The highest BCUT2D eigenvalue weighted by atomic mass is 32.2. The summed E-state index contributed by atoms with van der Waals surface area (Å²) in [5.41, 5.74) is -0.350. The summed E-state index contributed by atoms with van der Waals surface area (Å²) in [6.45, 7) is 15.1. The fraction of sp³-hybridized carbons (Fsp3) is 0.735. The van der Waals surface area contributed by atoms with Crippen molar-refractivity contribution in [3.63, 3.8) is 0 Å². The van der Waals surface area contributed by atoms with E-state index in [1.165, 1.54) is 11.0 Å². The predicted octanol–water partition coefficient (Wildman–Crippen LogP) is 1.48. The summed E-state index contributed by atoms with van der Waals surface area (Å²) in [4.78, 5) is 66.9. The molecule has 276 valence electrons. The van der Waals surface area contributed by atoms with Crippen LogP contribution >= 0.6 is 0 Å². The minimum Gasteiger partial charge on any atom is -0.347 e. The minimum absolute atomic E-state index is 0.114. The van der Waals surface area contributed by atoms with Gasteiger partial charge in [0.15, 0.2) is 0 Å². The highest BCUT2D eigenvalue weighted by molar-refractivity contribution is 7.76. The average Bonchev–Trinajstić information content (AvgIpc) is 3.79. The fourth-order valence-corrected chi connectivity index (χ4v) is 6.96. The van der Waals surface area contributed by atoms with Gasteiger partial charge in [-0.15, -0.1) is 13.2 Å². The van der Waals surface area contributed by atoms with Crippen LogP contribution in [-0.2, 0) is 30.4 Å². The van der Waals surface area contributed by atoms with Crippen molar-refractivity contribution in [3.8, 4) is 0 Å². The zero-order valence-corrected chi connectivity index (χ0v) is 30.2. The number of nitrogens with zero attached hydrogens (tertiary/aromatic N) is 2. The van der Waals surface area contributed by atoms with Crippen molar-refractivity contribution in [2.75, 3.05) is 45.8 Å². The maximum Gasteiger partial charge on any atom is 0.315 e. The van der Waals surface area contributed by atoms with Crippen molar-refractivity contribution in [2.24, 2.45) is 23.2 Å². The van der Waals surface area contributed by atoms with Gasteiger partial charge < -0.3 is 31.5 Å². The molecule has 0 aromatic heterocycles. The molecule has 0 radical (unpaired) electrons. The summed E-state index contributed by atoms with van der Waals surface area (Å²) in [5, 5.41) is 14.2. The van der Waals surface area contributed by atoms with Crippen molar-refractivity contribution in [1.82, 2.24) is 35.8 Å². The summed E-state index contributed by atoms with van der Waals surface area (Å²) in [6.07, 6.45) is 10.0. The van der Waals surface area contributed by atoms with E-state index in [1.807, 2.05) is 20.8 Å². The van der Waals surface area contributed by atoms with Gasteiger partial charge in [-0.2, -0.15) is 4.31 Å². The highest BCUT2D eigenvalue weighted by Gasteiger charge is 2.43. The molecule has 3 aliphatic rings. The third-order valence-corrected chi connectivity index (χ3v) is 10.4. The largest absolute Gasteiger partial charge is 0.347 e. The smallest absolute Gasteiger partial charge is 0.315 e. The Morgan fingerprint density at radius 3 is 2.31 bits per heavy atom. The molecule has 0 aromatic carbocycles. The number of likely N-dealkylation sites (tertiary alicyclic amines) is 1. The molecule has 5 amide bonds. The number of hydrogen-bond acceptors (Lipinski definition) is 7. The Morgan fingerprint density at radius 2 is 1.71 bits per heavy atom. The normalized spacial score (nSPS) is 21.7. The molecule has 1 saturated heterocycles. The number of urea groups is 1. The summed E-state index contributed by atoms with van der Waals surface area (Å²) >= 11 is -2.04. The number of amides is 5. The van der Waals surface area contributed by atoms with Crippen LogP contribution in [-0.4, -0.2) is 111 Å². The van der Waals surface area contributed by atoms with Gasteiger partial charge in [0.05, 0.1) is 6.54 Å². The third-order valence-electron chi connectivity index (χ3n) is 9.63. The quantitative estimate of drug-likeness (QED) is 0.0504. The molecule has 2 saturated carbocycles. The lowest BCUT2D eigenvalue weighted by atomic mass is 9.83. The van der Waals surface area contributed by atoms with E-state index in [2.05, 4.69) is 39.7 Å². The first-order chi connectivity index (χ1) is 23.2. The lowest BCUT2D eigenvalue weighted by molar-refractivity contribution is -0.142. The van der Waals surface area contributed by atoms with Crippen molar-refractivity contribution in [2.45, 2.75) is 90.3 Å². The Labute approximate surface area is 293 Å². The number of carbonyl (C=O) groups is 5. The van der Waals surface area contributed by atoms with Gasteiger partial charge in [-0.25, -0.2) is 9.00 Å². The van der Waals surface area contributed by atoms with Crippen LogP contribution in [0.4, 0.5) is 4.79 Å². The molecule has 2 aliphatic carbocycles. The fourth-order valence-electron chi connectivity index (χ4n) is 6.37. The van der Waals surface area contributed by atoms with Crippen LogP contribution in [0.3, 0.4) is 0 Å². The molecule has 3 fully saturated rings. The molecule has 5 atom stereocenters. The van der Waals surface area contributed by atoms with Crippen molar-refractivity contribution in [3.05, 3.63) is 25.3 Å². The van der Waals surface area contributed by atoms with Gasteiger partial charge in [-0.3, -0.25) is 23.7 Å². The zero-order valence-electron chi connectivity index (χ0n) is 29.3. The molecule has 15 heteroatoms. The first-order valence-electron chi connectivity index (χ1n) is 17.5. The van der Waals surface area contributed by atoms with E-state index >= 15 is 0 Å². The van der Waals surface area contributed by atoms with Crippen molar-refractivity contribution >= 4 is 40.8 Å². The summed E-state index contributed by atoms with van der Waals surface area (Å²) in [5.74, 6) is -2.36. The second-order valence-corrected chi connectivity index (χ2v) is 15.5. The van der Waals surface area contributed by atoms with Crippen LogP contribution in [0.15, 0.2) is 25.3 Å². The van der Waals surface area contributed by atoms with E-state index < -0.39 is 53.5 Å². The Balaban J connectivity index is 1.67. The van der Waals surface area contributed by atoms with Crippen LogP contribution in [0.2, 0.25) is 0 Å². The van der Waals surface area contributed by atoms with Gasteiger partial charge >= 0.3 is 6.03 Å². The number of Topliss-reactive ketones (excluding diaryl/α,β-unsaturated/α-hetero) is 1. The summed E-state index contributed by atoms with van der Waals surface area (Å²) < 4.78 is 22.9. The molecular formula is C34H57N7O7S. The van der Waals surface area contributed by atoms with E-state index in [1.54, 1.807) is 10.4 Å². The maximum atomic E-state index is 14.3. The van der Waals surface area contributed by atoms with E-state index in [0.29, 0.717) is 38.5 Å². The predicted molar refractivity (Wildman–Crippen MR) is 188 cm³/mol. The van der Waals surface area contributed by atoms with E-state index in [0.717, 1.165) is 44.9 Å². The minimum atomic E-state index is -2.04. The molecule has 0 spiro atoms. The van der Waals surface area contributed by atoms with Gasteiger partial charge in [0.25, 0.3) is 5.91 Å². The van der Waals surface area contributed by atoms with Crippen LogP contribution < -0.4 is 26.6 Å². The summed E-state index contributed by atoms with van der Waals surface area (Å²) in [7, 11) is 0. The van der Waals surface area contributed by atoms with E-state index in [9.17, 15) is 32.7 Å². The summed E-state index contributed by atoms with van der Waals surface area (Å²) in [6, 6.07) is -2.58.